The van der Waals surface area contributed by atoms with Crippen LogP contribution in [0.2, 0.25) is 0 Å². The first-order valence-electron chi connectivity index (χ1n) is 15.2. The minimum absolute atomic E-state index is 0.00297. The molecule has 0 aliphatic carbocycles. The van der Waals surface area contributed by atoms with Crippen molar-refractivity contribution in [1.82, 2.24) is 25.6 Å². The number of hydrogen-bond donors (Lipinski definition) is 3. The molecular formula is C31H35F4N7O3. The van der Waals surface area contributed by atoms with Crippen LogP contribution in [0.15, 0.2) is 6.07 Å². The molecule has 4 aliphatic heterocycles. The Hall–Kier alpha value is -3.78. The van der Waals surface area contributed by atoms with Crippen LogP contribution in [-0.2, 0) is 10.9 Å². The fourth-order valence-electron chi connectivity index (χ4n) is 7.68. The molecule has 4 N–H and O–H groups in total. The molecule has 10 nitrogen and oxygen atoms in total. The summed E-state index contributed by atoms with van der Waals surface area (Å²) < 4.78 is 72.1. The molecule has 240 valence electrons. The number of nitrogens with two attached hydrogens (primary N) is 1. The van der Waals surface area contributed by atoms with E-state index in [-0.39, 0.29) is 57.4 Å². The minimum Gasteiger partial charge on any atom is -0.472 e. The number of ether oxygens (including phenoxy) is 2. The van der Waals surface area contributed by atoms with Crippen molar-refractivity contribution < 1.29 is 31.8 Å². The summed E-state index contributed by atoms with van der Waals surface area (Å²) in [5.41, 5.74) is 3.11. The van der Waals surface area contributed by atoms with Gasteiger partial charge in [0.15, 0.2) is 5.82 Å². The van der Waals surface area contributed by atoms with Gasteiger partial charge in [-0.1, -0.05) is 0 Å². The zero-order chi connectivity index (χ0) is 32.0. The number of aryl methyl sites for hydroxylation is 2. The lowest BCUT2D eigenvalue weighted by molar-refractivity contribution is -0.137. The minimum atomic E-state index is -4.88. The van der Waals surface area contributed by atoms with Crippen molar-refractivity contribution in [3.8, 4) is 17.1 Å². The number of anilines is 2. The second-order valence-corrected chi connectivity index (χ2v) is 12.9. The van der Waals surface area contributed by atoms with E-state index in [4.69, 9.17) is 20.2 Å². The van der Waals surface area contributed by atoms with Gasteiger partial charge in [-0.2, -0.15) is 13.2 Å². The summed E-state index contributed by atoms with van der Waals surface area (Å²) >= 11 is 0. The Balaban J connectivity index is 1.51. The molecule has 4 unspecified atom stereocenters. The Kier molecular flexibility index (Phi) is 6.89. The monoisotopic (exact) mass is 629 g/mol. The SMILES string of the molecule is Cc1nc(N)cc(-c2nc3c4c(nc(C(=O)NC5CCOCC5)c(C)c4c2F)N2CC4(C)CCC(N4)C2C(C)O3)c1C(F)(F)F. The van der Waals surface area contributed by atoms with Gasteiger partial charge >= 0.3 is 6.18 Å². The van der Waals surface area contributed by atoms with Crippen LogP contribution in [-0.4, -0.2) is 70.4 Å². The van der Waals surface area contributed by atoms with Crippen LogP contribution in [0.25, 0.3) is 22.0 Å². The second-order valence-electron chi connectivity index (χ2n) is 12.9. The van der Waals surface area contributed by atoms with Crippen LogP contribution in [0.3, 0.4) is 0 Å². The maximum Gasteiger partial charge on any atom is 0.418 e. The van der Waals surface area contributed by atoms with Crippen molar-refractivity contribution in [3.05, 3.63) is 34.4 Å². The highest BCUT2D eigenvalue weighted by Crippen LogP contribution is 2.48. The molecule has 0 aromatic carbocycles. The van der Waals surface area contributed by atoms with E-state index in [1.165, 1.54) is 6.92 Å². The van der Waals surface area contributed by atoms with Crippen molar-refractivity contribution in [2.75, 3.05) is 30.4 Å². The number of piperazine rings is 1. The van der Waals surface area contributed by atoms with Gasteiger partial charge < -0.3 is 30.7 Å². The van der Waals surface area contributed by atoms with Gasteiger partial charge in [0.05, 0.1) is 22.7 Å². The van der Waals surface area contributed by atoms with E-state index >= 15 is 4.39 Å². The highest BCUT2D eigenvalue weighted by Gasteiger charge is 2.52. The predicted octanol–water partition coefficient (Wildman–Crippen LogP) is 4.44. The van der Waals surface area contributed by atoms with Crippen LogP contribution >= 0.6 is 0 Å². The molecule has 3 saturated heterocycles. The number of pyridine rings is 3. The van der Waals surface area contributed by atoms with Crippen LogP contribution in [0.5, 0.6) is 5.88 Å². The number of aromatic nitrogens is 3. The number of nitrogens with zero attached hydrogens (tertiary/aromatic N) is 4. The average Bonchev–Trinajstić information content (AvgIpc) is 3.21. The Morgan fingerprint density at radius 2 is 1.89 bits per heavy atom. The maximum atomic E-state index is 17.0. The first-order valence-corrected chi connectivity index (χ1v) is 15.2. The van der Waals surface area contributed by atoms with Crippen LogP contribution in [0, 0.1) is 19.7 Å². The van der Waals surface area contributed by atoms with E-state index in [1.54, 1.807) is 6.92 Å². The third kappa shape index (κ3) is 4.84. The number of nitrogens with one attached hydrogen (secondary N) is 2. The molecule has 2 bridgehead atoms. The molecule has 3 aromatic rings. The molecular weight excluding hydrogens is 594 g/mol. The molecule has 0 saturated carbocycles. The van der Waals surface area contributed by atoms with Gasteiger partial charge in [0, 0.05) is 48.3 Å². The van der Waals surface area contributed by atoms with E-state index in [0.717, 1.165) is 18.9 Å². The van der Waals surface area contributed by atoms with Crippen molar-refractivity contribution >= 4 is 28.3 Å². The summed E-state index contributed by atoms with van der Waals surface area (Å²) in [7, 11) is 0. The molecule has 7 heterocycles. The molecule has 3 aromatic heterocycles. The van der Waals surface area contributed by atoms with Crippen molar-refractivity contribution in [2.45, 2.75) is 89.3 Å². The highest BCUT2D eigenvalue weighted by atomic mass is 19.4. The Morgan fingerprint density at radius 1 is 1.16 bits per heavy atom. The van der Waals surface area contributed by atoms with Gasteiger partial charge in [-0.3, -0.25) is 4.79 Å². The number of fused-ring (bicyclic) bond motifs is 5. The fourth-order valence-corrected chi connectivity index (χ4v) is 7.68. The van der Waals surface area contributed by atoms with Gasteiger partial charge in [-0.15, -0.1) is 0 Å². The Bertz CT molecular complexity index is 1730. The molecule has 0 radical (unpaired) electrons. The number of alkyl halides is 3. The van der Waals surface area contributed by atoms with Gasteiger partial charge in [-0.25, -0.2) is 19.3 Å². The summed E-state index contributed by atoms with van der Waals surface area (Å²) in [5, 5.41) is 6.86. The van der Waals surface area contributed by atoms with E-state index in [1.807, 2.05) is 6.92 Å². The predicted molar refractivity (Wildman–Crippen MR) is 159 cm³/mol. The Labute approximate surface area is 257 Å². The molecule has 3 fully saturated rings. The second kappa shape index (κ2) is 10.4. The van der Waals surface area contributed by atoms with Gasteiger partial charge in [0.1, 0.15) is 29.1 Å². The summed E-state index contributed by atoms with van der Waals surface area (Å²) in [6.07, 6.45) is -2.37. The zero-order valence-electron chi connectivity index (χ0n) is 25.4. The molecule has 4 aliphatic rings. The number of halogens is 4. The third-order valence-electron chi connectivity index (χ3n) is 9.69. The lowest BCUT2D eigenvalue weighted by atomic mass is 9.95. The maximum absolute atomic E-state index is 17.0. The van der Waals surface area contributed by atoms with Gasteiger partial charge in [0.2, 0.25) is 5.88 Å². The summed E-state index contributed by atoms with van der Waals surface area (Å²) in [6, 6.07) is 0.575. The lowest BCUT2D eigenvalue weighted by Gasteiger charge is -2.46. The number of carbonyl (C=O) groups excluding carboxylic acids is 1. The fraction of sp³-hybridized carbons (Fsp3) is 0.548. The first-order chi connectivity index (χ1) is 21.3. The summed E-state index contributed by atoms with van der Waals surface area (Å²) in [4.78, 5) is 29.0. The lowest BCUT2D eigenvalue weighted by Crippen LogP contribution is -2.66. The Morgan fingerprint density at radius 3 is 2.60 bits per heavy atom. The largest absolute Gasteiger partial charge is 0.472 e. The number of rotatable bonds is 3. The molecule has 1 amide bonds. The van der Waals surface area contributed by atoms with Crippen LogP contribution in [0.1, 0.15) is 66.8 Å². The van der Waals surface area contributed by atoms with Crippen LogP contribution in [0.4, 0.5) is 29.2 Å². The first kappa shape index (κ1) is 29.9. The molecule has 0 spiro atoms. The normalized spacial score (nSPS) is 26.4. The number of hydrogen-bond acceptors (Lipinski definition) is 9. The zero-order valence-corrected chi connectivity index (χ0v) is 25.4. The number of nitrogen functional groups attached to an aromatic ring is 1. The highest BCUT2D eigenvalue weighted by molar-refractivity contribution is 6.07. The van der Waals surface area contributed by atoms with Gasteiger partial charge in [-0.05, 0) is 65.0 Å². The molecule has 45 heavy (non-hydrogen) atoms. The van der Waals surface area contributed by atoms with Crippen molar-refractivity contribution in [2.24, 2.45) is 0 Å². The summed E-state index contributed by atoms with van der Waals surface area (Å²) in [6.45, 7) is 8.21. The van der Waals surface area contributed by atoms with E-state index < -0.39 is 46.5 Å². The molecule has 14 heteroatoms. The smallest absolute Gasteiger partial charge is 0.418 e. The van der Waals surface area contributed by atoms with E-state index in [9.17, 15) is 18.0 Å². The van der Waals surface area contributed by atoms with Crippen molar-refractivity contribution in [3.63, 3.8) is 0 Å². The average molecular weight is 630 g/mol. The van der Waals surface area contributed by atoms with Crippen molar-refractivity contribution in [1.29, 1.82) is 0 Å². The third-order valence-corrected chi connectivity index (χ3v) is 9.69. The molecule has 4 atom stereocenters. The quantitative estimate of drug-likeness (QED) is 0.361. The van der Waals surface area contributed by atoms with E-state index in [2.05, 4.69) is 32.4 Å². The topological polar surface area (TPSA) is 128 Å². The number of carbonyl (C=O) groups is 1. The molecule has 7 rings (SSSR count). The van der Waals surface area contributed by atoms with E-state index in [0.29, 0.717) is 38.4 Å². The van der Waals surface area contributed by atoms with Gasteiger partial charge in [0.25, 0.3) is 5.91 Å². The number of amides is 1. The summed E-state index contributed by atoms with van der Waals surface area (Å²) in [5.74, 6) is -1.45. The standard InChI is InChI=1S/C31H35F4N7O3/c1-13-20-21-27(39-24(13)28(43)38-16-6-9-44-10-7-16)42-12-30(4)8-5-18(41-30)26(42)15(3)45-29(21)40-25(23(20)32)17-11-19(36)37-14(2)22(17)31(33,34)35/h11,15-16,18,26,41H,5-10,12H2,1-4H3,(H2,36,37)(H,38,43). The van der Waals surface area contributed by atoms with Crippen LogP contribution < -0.4 is 26.0 Å².